The van der Waals surface area contributed by atoms with Gasteiger partial charge in [-0.1, -0.05) is 42.5 Å². The maximum absolute atomic E-state index is 12.4. The zero-order chi connectivity index (χ0) is 16.8. The van der Waals surface area contributed by atoms with Gasteiger partial charge in [0.15, 0.2) is 0 Å². The third-order valence-electron chi connectivity index (χ3n) is 3.30. The van der Waals surface area contributed by atoms with Crippen molar-refractivity contribution >= 4 is 11.9 Å². The number of ether oxygens (including phenoxy) is 1. The van der Waals surface area contributed by atoms with Crippen molar-refractivity contribution < 1.29 is 19.4 Å². The molecule has 1 N–H and O–H groups in total. The number of aliphatic carboxylic acids is 1. The number of carbonyl (C=O) groups is 2. The minimum absolute atomic E-state index is 0.0426. The number of carboxylic acids is 1. The number of carbonyl (C=O) groups excluding carboxylic acids is 1. The fourth-order valence-electron chi connectivity index (χ4n) is 2.12. The molecule has 0 aliphatic carbocycles. The van der Waals surface area contributed by atoms with Gasteiger partial charge in [0.2, 0.25) is 6.10 Å². The van der Waals surface area contributed by atoms with Gasteiger partial charge in [-0.15, -0.1) is 0 Å². The normalized spacial score (nSPS) is 11.6. The maximum atomic E-state index is 12.4. The Hall–Kier alpha value is -2.82. The summed E-state index contributed by atoms with van der Waals surface area (Å²) in [7, 11) is 3.36. The number of hydrogen-bond acceptors (Lipinski definition) is 3. The van der Waals surface area contributed by atoms with Crippen LogP contribution in [0, 0.1) is 0 Å². The quantitative estimate of drug-likeness (QED) is 0.890. The first-order valence-electron chi connectivity index (χ1n) is 7.21. The molecular formula is C18H19NO4. The highest BCUT2D eigenvalue weighted by atomic mass is 16.5. The predicted octanol–water partition coefficient (Wildman–Crippen LogP) is 2.52. The van der Waals surface area contributed by atoms with E-state index in [0.717, 1.165) is 5.56 Å². The molecule has 0 radical (unpaired) electrons. The monoisotopic (exact) mass is 313 g/mol. The molecular weight excluding hydrogens is 294 g/mol. The Bertz CT molecular complexity index is 665. The lowest BCUT2D eigenvalue weighted by Crippen LogP contribution is -2.31. The molecule has 0 saturated heterocycles. The summed E-state index contributed by atoms with van der Waals surface area (Å²) >= 11 is 0. The van der Waals surface area contributed by atoms with Crippen LogP contribution in [0.3, 0.4) is 0 Å². The van der Waals surface area contributed by atoms with Crippen molar-refractivity contribution in [2.75, 3.05) is 14.1 Å². The second-order valence-electron chi connectivity index (χ2n) is 5.36. The van der Waals surface area contributed by atoms with Gasteiger partial charge in [-0.25, -0.2) is 0 Å². The Morgan fingerprint density at radius 1 is 1.04 bits per heavy atom. The first-order valence-corrected chi connectivity index (χ1v) is 7.21. The van der Waals surface area contributed by atoms with Crippen LogP contribution < -0.4 is 4.74 Å². The van der Waals surface area contributed by atoms with Crippen LogP contribution in [0.15, 0.2) is 54.6 Å². The molecule has 0 fully saturated rings. The molecule has 2 rings (SSSR count). The molecule has 1 amide bonds. The number of rotatable bonds is 6. The summed E-state index contributed by atoms with van der Waals surface area (Å²) in [6.07, 6.45) is -0.782. The summed E-state index contributed by atoms with van der Waals surface area (Å²) in [5.74, 6) is -0.530. The van der Waals surface area contributed by atoms with Crippen molar-refractivity contribution in [3.63, 3.8) is 0 Å². The van der Waals surface area contributed by atoms with Crippen molar-refractivity contribution in [2.45, 2.75) is 12.5 Å². The van der Waals surface area contributed by atoms with Gasteiger partial charge in [-0.2, -0.15) is 0 Å². The molecule has 2 aromatic rings. The van der Waals surface area contributed by atoms with Crippen LogP contribution in [-0.2, 0) is 16.0 Å². The molecule has 23 heavy (non-hydrogen) atoms. The van der Waals surface area contributed by atoms with Crippen LogP contribution in [0.1, 0.15) is 17.2 Å². The molecule has 5 heteroatoms. The van der Waals surface area contributed by atoms with E-state index < -0.39 is 12.1 Å². The first kappa shape index (κ1) is 16.5. The number of likely N-dealkylation sites (N-methyl/N-ethyl adjacent to an activating group) is 1. The Balaban J connectivity index is 2.21. The van der Waals surface area contributed by atoms with E-state index in [1.54, 1.807) is 38.4 Å². The van der Waals surface area contributed by atoms with Crippen molar-refractivity contribution in [1.29, 1.82) is 0 Å². The van der Waals surface area contributed by atoms with E-state index in [1.165, 1.54) is 4.90 Å². The highest BCUT2D eigenvalue weighted by molar-refractivity contribution is 5.82. The topological polar surface area (TPSA) is 66.8 Å². The summed E-state index contributed by atoms with van der Waals surface area (Å²) in [5, 5.41) is 8.78. The zero-order valence-electron chi connectivity index (χ0n) is 13.1. The molecule has 5 nitrogen and oxygen atoms in total. The third-order valence-corrected chi connectivity index (χ3v) is 3.30. The van der Waals surface area contributed by atoms with Crippen LogP contribution in [0.2, 0.25) is 0 Å². The van der Waals surface area contributed by atoms with E-state index in [-0.39, 0.29) is 12.3 Å². The van der Waals surface area contributed by atoms with E-state index in [4.69, 9.17) is 9.84 Å². The SMILES string of the molecule is CN(C)C(=O)C(Oc1ccc(CC(=O)O)cc1)c1ccccc1. The van der Waals surface area contributed by atoms with E-state index in [2.05, 4.69) is 0 Å². The molecule has 0 aliphatic rings. The van der Waals surface area contributed by atoms with Gasteiger partial charge in [0.25, 0.3) is 5.91 Å². The number of hydrogen-bond donors (Lipinski definition) is 1. The van der Waals surface area contributed by atoms with Crippen molar-refractivity contribution in [1.82, 2.24) is 4.90 Å². The van der Waals surface area contributed by atoms with Crippen LogP contribution >= 0.6 is 0 Å². The molecule has 0 spiro atoms. The van der Waals surface area contributed by atoms with Gasteiger partial charge in [0, 0.05) is 19.7 Å². The van der Waals surface area contributed by atoms with Gasteiger partial charge in [-0.3, -0.25) is 9.59 Å². The van der Waals surface area contributed by atoms with Crippen LogP contribution in [-0.4, -0.2) is 36.0 Å². The van der Waals surface area contributed by atoms with E-state index >= 15 is 0 Å². The van der Waals surface area contributed by atoms with Crippen LogP contribution in [0.5, 0.6) is 5.75 Å². The number of nitrogens with zero attached hydrogens (tertiary/aromatic N) is 1. The standard InChI is InChI=1S/C18H19NO4/c1-19(2)18(22)17(14-6-4-3-5-7-14)23-15-10-8-13(9-11-15)12-16(20)21/h3-11,17H,12H2,1-2H3,(H,20,21). The molecule has 0 aromatic heterocycles. The fraction of sp³-hybridized carbons (Fsp3) is 0.222. The summed E-state index contributed by atoms with van der Waals surface area (Å²) in [5.41, 5.74) is 1.45. The van der Waals surface area contributed by atoms with Crippen molar-refractivity contribution in [2.24, 2.45) is 0 Å². The Morgan fingerprint density at radius 2 is 1.65 bits per heavy atom. The summed E-state index contributed by atoms with van der Waals surface area (Å²) in [6.45, 7) is 0. The maximum Gasteiger partial charge on any atom is 0.307 e. The average Bonchev–Trinajstić information content (AvgIpc) is 2.53. The van der Waals surface area contributed by atoms with Gasteiger partial charge in [0.05, 0.1) is 6.42 Å². The fourth-order valence-corrected chi connectivity index (χ4v) is 2.12. The highest BCUT2D eigenvalue weighted by Gasteiger charge is 2.24. The minimum atomic E-state index is -0.886. The second-order valence-corrected chi connectivity index (χ2v) is 5.36. The molecule has 0 heterocycles. The molecule has 1 unspecified atom stereocenters. The summed E-state index contributed by atoms with van der Waals surface area (Å²) < 4.78 is 5.84. The Labute approximate surface area is 135 Å². The largest absolute Gasteiger partial charge is 0.481 e. The lowest BCUT2D eigenvalue weighted by atomic mass is 10.1. The minimum Gasteiger partial charge on any atom is -0.481 e. The second kappa shape index (κ2) is 7.45. The number of carboxylic acid groups (broad SMARTS) is 1. The Kier molecular flexibility index (Phi) is 5.36. The Morgan fingerprint density at radius 3 is 2.17 bits per heavy atom. The molecule has 2 aromatic carbocycles. The van der Waals surface area contributed by atoms with Gasteiger partial charge < -0.3 is 14.7 Å². The number of benzene rings is 2. The lowest BCUT2D eigenvalue weighted by molar-refractivity contribution is -0.137. The average molecular weight is 313 g/mol. The van der Waals surface area contributed by atoms with E-state index in [0.29, 0.717) is 11.3 Å². The zero-order valence-corrected chi connectivity index (χ0v) is 13.1. The number of amides is 1. The van der Waals surface area contributed by atoms with Crippen molar-refractivity contribution in [3.8, 4) is 5.75 Å². The predicted molar refractivity (Wildman–Crippen MR) is 86.3 cm³/mol. The summed E-state index contributed by atoms with van der Waals surface area (Å²) in [6, 6.07) is 16.0. The van der Waals surface area contributed by atoms with Gasteiger partial charge in [-0.05, 0) is 17.7 Å². The molecule has 120 valence electrons. The van der Waals surface area contributed by atoms with Crippen LogP contribution in [0.4, 0.5) is 0 Å². The smallest absolute Gasteiger partial charge is 0.307 e. The molecule has 0 bridgehead atoms. The summed E-state index contributed by atoms with van der Waals surface area (Å²) in [4.78, 5) is 24.6. The third kappa shape index (κ3) is 4.57. The molecule has 0 saturated carbocycles. The van der Waals surface area contributed by atoms with E-state index in [9.17, 15) is 9.59 Å². The highest BCUT2D eigenvalue weighted by Crippen LogP contribution is 2.24. The van der Waals surface area contributed by atoms with Gasteiger partial charge >= 0.3 is 5.97 Å². The first-order chi connectivity index (χ1) is 11.0. The molecule has 1 atom stereocenters. The molecule has 0 aliphatic heterocycles. The van der Waals surface area contributed by atoms with Gasteiger partial charge in [0.1, 0.15) is 5.75 Å². The lowest BCUT2D eigenvalue weighted by Gasteiger charge is -2.22. The van der Waals surface area contributed by atoms with Crippen molar-refractivity contribution in [3.05, 3.63) is 65.7 Å². The van der Waals surface area contributed by atoms with E-state index in [1.807, 2.05) is 30.3 Å². The van der Waals surface area contributed by atoms with Crippen LogP contribution in [0.25, 0.3) is 0 Å².